The molecule has 0 N–H and O–H groups in total. The van der Waals surface area contributed by atoms with Crippen molar-refractivity contribution in [1.29, 1.82) is 0 Å². The number of hydrogen-bond donors (Lipinski definition) is 0. The molecule has 4 nitrogen and oxygen atoms in total. The van der Waals surface area contributed by atoms with E-state index >= 15 is 0 Å². The Hall–Kier alpha value is -1.84. The van der Waals surface area contributed by atoms with Gasteiger partial charge in [-0.15, -0.1) is 10.2 Å². The third kappa shape index (κ3) is 2.05. The topological polar surface area (TPSA) is 39.9 Å². The minimum absolute atomic E-state index is 0.445. The van der Waals surface area contributed by atoms with E-state index in [0.717, 1.165) is 11.6 Å². The minimum atomic E-state index is 0.445. The SMILES string of the molecule is Cc1cccc(OCc2nncn2C)c1C. The molecule has 0 aliphatic carbocycles. The van der Waals surface area contributed by atoms with Crippen molar-refractivity contribution in [1.82, 2.24) is 14.8 Å². The Morgan fingerprint density at radius 2 is 2.12 bits per heavy atom. The second-order valence-electron chi connectivity index (χ2n) is 3.84. The van der Waals surface area contributed by atoms with Gasteiger partial charge in [-0.3, -0.25) is 0 Å². The Bertz CT molecular complexity index is 491. The lowest BCUT2D eigenvalue weighted by Crippen LogP contribution is -2.04. The molecule has 0 unspecified atom stereocenters. The second kappa shape index (κ2) is 4.35. The average Bonchev–Trinajstić information content (AvgIpc) is 2.67. The van der Waals surface area contributed by atoms with Crippen molar-refractivity contribution in [2.45, 2.75) is 20.5 Å². The first-order valence-electron chi connectivity index (χ1n) is 5.20. The van der Waals surface area contributed by atoms with Gasteiger partial charge in [0.2, 0.25) is 0 Å². The summed E-state index contributed by atoms with van der Waals surface area (Å²) in [6, 6.07) is 6.04. The molecule has 0 atom stereocenters. The zero-order valence-corrected chi connectivity index (χ0v) is 9.77. The Labute approximate surface area is 94.9 Å². The molecule has 0 spiro atoms. The van der Waals surface area contributed by atoms with Crippen molar-refractivity contribution in [2.75, 3.05) is 0 Å². The number of hydrogen-bond acceptors (Lipinski definition) is 3. The third-order valence-electron chi connectivity index (χ3n) is 2.72. The minimum Gasteiger partial charge on any atom is -0.485 e. The first-order valence-corrected chi connectivity index (χ1v) is 5.20. The lowest BCUT2D eigenvalue weighted by molar-refractivity contribution is 0.289. The van der Waals surface area contributed by atoms with Crippen molar-refractivity contribution < 1.29 is 4.74 Å². The van der Waals surface area contributed by atoms with Gasteiger partial charge >= 0.3 is 0 Å². The zero-order valence-electron chi connectivity index (χ0n) is 9.77. The highest BCUT2D eigenvalue weighted by molar-refractivity contribution is 5.38. The maximum atomic E-state index is 5.72. The zero-order chi connectivity index (χ0) is 11.5. The monoisotopic (exact) mass is 217 g/mol. The van der Waals surface area contributed by atoms with Gasteiger partial charge in [-0.05, 0) is 31.0 Å². The van der Waals surface area contributed by atoms with Gasteiger partial charge in [0, 0.05) is 7.05 Å². The Morgan fingerprint density at radius 3 is 2.81 bits per heavy atom. The van der Waals surface area contributed by atoms with E-state index in [2.05, 4.69) is 30.1 Å². The van der Waals surface area contributed by atoms with Gasteiger partial charge in [-0.25, -0.2) is 0 Å². The van der Waals surface area contributed by atoms with E-state index < -0.39 is 0 Å². The van der Waals surface area contributed by atoms with Crippen molar-refractivity contribution in [3.63, 3.8) is 0 Å². The Morgan fingerprint density at radius 1 is 1.31 bits per heavy atom. The highest BCUT2D eigenvalue weighted by atomic mass is 16.5. The van der Waals surface area contributed by atoms with E-state index in [1.807, 2.05) is 23.7 Å². The smallest absolute Gasteiger partial charge is 0.170 e. The van der Waals surface area contributed by atoms with E-state index in [4.69, 9.17) is 4.74 Å². The maximum absolute atomic E-state index is 5.72. The molecule has 1 heterocycles. The van der Waals surface area contributed by atoms with E-state index in [9.17, 15) is 0 Å². The molecule has 0 amide bonds. The highest BCUT2D eigenvalue weighted by Crippen LogP contribution is 2.21. The fourth-order valence-corrected chi connectivity index (χ4v) is 1.46. The molecule has 0 fully saturated rings. The van der Waals surface area contributed by atoms with Crippen LogP contribution in [0.5, 0.6) is 5.75 Å². The summed E-state index contributed by atoms with van der Waals surface area (Å²) in [7, 11) is 1.90. The van der Waals surface area contributed by atoms with E-state index in [-0.39, 0.29) is 0 Å². The molecule has 1 aromatic carbocycles. The summed E-state index contributed by atoms with van der Waals surface area (Å²) in [6.07, 6.45) is 1.67. The van der Waals surface area contributed by atoms with Crippen molar-refractivity contribution in [3.05, 3.63) is 41.5 Å². The van der Waals surface area contributed by atoms with E-state index in [0.29, 0.717) is 6.61 Å². The third-order valence-corrected chi connectivity index (χ3v) is 2.72. The molecule has 84 valence electrons. The van der Waals surface area contributed by atoms with Gasteiger partial charge < -0.3 is 9.30 Å². The average molecular weight is 217 g/mol. The molecule has 0 aliphatic heterocycles. The molecule has 0 radical (unpaired) electrons. The van der Waals surface area contributed by atoms with Crippen LogP contribution in [-0.4, -0.2) is 14.8 Å². The first-order chi connectivity index (χ1) is 7.68. The molecule has 4 heteroatoms. The maximum Gasteiger partial charge on any atom is 0.170 e. The normalized spacial score (nSPS) is 10.4. The van der Waals surface area contributed by atoms with Gasteiger partial charge in [0.05, 0.1) is 0 Å². The molecule has 16 heavy (non-hydrogen) atoms. The number of nitrogens with zero attached hydrogens (tertiary/aromatic N) is 3. The largest absolute Gasteiger partial charge is 0.485 e. The van der Waals surface area contributed by atoms with E-state index in [1.54, 1.807) is 6.33 Å². The van der Waals surface area contributed by atoms with Gasteiger partial charge in [-0.2, -0.15) is 0 Å². The quantitative estimate of drug-likeness (QED) is 0.789. The van der Waals surface area contributed by atoms with Crippen LogP contribution >= 0.6 is 0 Å². The van der Waals surface area contributed by atoms with Gasteiger partial charge in [-0.1, -0.05) is 12.1 Å². The molecule has 0 bridgehead atoms. The summed E-state index contributed by atoms with van der Waals surface area (Å²) in [5.41, 5.74) is 2.40. The molecular weight excluding hydrogens is 202 g/mol. The molecule has 1 aromatic heterocycles. The van der Waals surface area contributed by atoms with Crippen LogP contribution in [0.3, 0.4) is 0 Å². The lowest BCUT2D eigenvalue weighted by Gasteiger charge is -2.10. The number of aryl methyl sites for hydroxylation is 2. The summed E-state index contributed by atoms with van der Waals surface area (Å²) in [5, 5.41) is 7.78. The van der Waals surface area contributed by atoms with Crippen LogP contribution in [0.1, 0.15) is 17.0 Å². The predicted molar refractivity (Wildman–Crippen MR) is 61.3 cm³/mol. The Balaban J connectivity index is 2.11. The van der Waals surface area contributed by atoms with Crippen LogP contribution in [-0.2, 0) is 13.7 Å². The summed E-state index contributed by atoms with van der Waals surface area (Å²) < 4.78 is 7.57. The van der Waals surface area contributed by atoms with Gasteiger partial charge in [0.15, 0.2) is 5.82 Å². The first kappa shape index (κ1) is 10.7. The number of rotatable bonds is 3. The van der Waals surface area contributed by atoms with Crippen molar-refractivity contribution >= 4 is 0 Å². The van der Waals surface area contributed by atoms with Crippen LogP contribution in [0.2, 0.25) is 0 Å². The summed E-state index contributed by atoms with van der Waals surface area (Å²) in [5.74, 6) is 1.73. The lowest BCUT2D eigenvalue weighted by atomic mass is 10.1. The Kier molecular flexibility index (Phi) is 2.90. The fraction of sp³-hybridized carbons (Fsp3) is 0.333. The summed E-state index contributed by atoms with van der Waals surface area (Å²) >= 11 is 0. The number of benzene rings is 1. The molecule has 2 rings (SSSR count). The van der Waals surface area contributed by atoms with Crippen molar-refractivity contribution in [3.8, 4) is 5.75 Å². The number of aromatic nitrogens is 3. The van der Waals surface area contributed by atoms with Gasteiger partial charge in [0.1, 0.15) is 18.7 Å². The molecule has 2 aromatic rings. The highest BCUT2D eigenvalue weighted by Gasteiger charge is 2.04. The molecule has 0 saturated carbocycles. The van der Waals surface area contributed by atoms with Crippen LogP contribution in [0.4, 0.5) is 0 Å². The van der Waals surface area contributed by atoms with Crippen LogP contribution in [0.25, 0.3) is 0 Å². The number of ether oxygens (including phenoxy) is 1. The predicted octanol–water partition coefficient (Wildman–Crippen LogP) is 2.01. The van der Waals surface area contributed by atoms with Crippen LogP contribution < -0.4 is 4.74 Å². The summed E-state index contributed by atoms with van der Waals surface area (Å²) in [4.78, 5) is 0. The van der Waals surface area contributed by atoms with Crippen molar-refractivity contribution in [2.24, 2.45) is 7.05 Å². The van der Waals surface area contributed by atoms with Gasteiger partial charge in [0.25, 0.3) is 0 Å². The molecule has 0 saturated heterocycles. The molecule has 0 aliphatic rings. The fourth-order valence-electron chi connectivity index (χ4n) is 1.46. The second-order valence-corrected chi connectivity index (χ2v) is 3.84. The standard InChI is InChI=1S/C12H15N3O/c1-9-5-4-6-11(10(9)2)16-7-12-14-13-8-15(12)3/h4-6,8H,7H2,1-3H3. The van der Waals surface area contributed by atoms with Crippen LogP contribution in [0, 0.1) is 13.8 Å². The van der Waals surface area contributed by atoms with E-state index in [1.165, 1.54) is 11.1 Å². The summed E-state index contributed by atoms with van der Waals surface area (Å²) in [6.45, 7) is 4.58. The molecular formula is C12H15N3O. The van der Waals surface area contributed by atoms with Crippen LogP contribution in [0.15, 0.2) is 24.5 Å².